The first-order chi connectivity index (χ1) is 10.3. The number of furan rings is 1. The van der Waals surface area contributed by atoms with E-state index in [1.165, 1.54) is 11.8 Å². The molecule has 0 bridgehead atoms. The standard InChI is InChI=1S/C15H15N3O2S/c19-15(16-7-11-5-6-20-8-11)10-21-9-14-17-12-3-1-2-4-13(12)18-14/h1-6,8H,7,9-10H2,(H,16,19)(H,17,18). The fourth-order valence-corrected chi connectivity index (χ4v) is 2.68. The summed E-state index contributed by atoms with van der Waals surface area (Å²) < 4.78 is 4.95. The number of rotatable bonds is 6. The lowest BCUT2D eigenvalue weighted by Crippen LogP contribution is -2.24. The smallest absolute Gasteiger partial charge is 0.230 e. The quantitative estimate of drug-likeness (QED) is 0.734. The van der Waals surface area contributed by atoms with Gasteiger partial charge >= 0.3 is 0 Å². The number of para-hydroxylation sites is 2. The molecule has 0 spiro atoms. The molecule has 2 heterocycles. The number of aromatic amines is 1. The van der Waals surface area contributed by atoms with Gasteiger partial charge in [0.15, 0.2) is 0 Å². The van der Waals surface area contributed by atoms with Gasteiger partial charge in [0.1, 0.15) is 5.82 Å². The van der Waals surface area contributed by atoms with Crippen LogP contribution in [0.4, 0.5) is 0 Å². The number of hydrogen-bond acceptors (Lipinski definition) is 4. The second-order valence-corrected chi connectivity index (χ2v) is 5.59. The molecular weight excluding hydrogens is 286 g/mol. The molecule has 1 amide bonds. The average molecular weight is 301 g/mol. The molecule has 0 unspecified atom stereocenters. The third-order valence-corrected chi connectivity index (χ3v) is 3.92. The molecule has 0 fully saturated rings. The molecule has 3 rings (SSSR count). The molecule has 0 aliphatic heterocycles. The molecular formula is C15H15N3O2S. The minimum atomic E-state index is 0.0114. The number of nitrogens with zero attached hydrogens (tertiary/aromatic N) is 1. The van der Waals surface area contributed by atoms with E-state index in [1.54, 1.807) is 12.5 Å². The molecule has 3 aromatic rings. The largest absolute Gasteiger partial charge is 0.472 e. The first-order valence-corrected chi connectivity index (χ1v) is 7.76. The zero-order chi connectivity index (χ0) is 14.5. The Morgan fingerprint density at radius 3 is 3.05 bits per heavy atom. The number of hydrogen-bond donors (Lipinski definition) is 2. The lowest BCUT2D eigenvalue weighted by Gasteiger charge is -2.02. The van der Waals surface area contributed by atoms with E-state index in [-0.39, 0.29) is 5.91 Å². The summed E-state index contributed by atoms with van der Waals surface area (Å²) in [5.74, 6) is 2.00. The van der Waals surface area contributed by atoms with E-state index in [2.05, 4.69) is 15.3 Å². The number of nitrogens with one attached hydrogen (secondary N) is 2. The Morgan fingerprint density at radius 2 is 2.24 bits per heavy atom. The predicted octanol–water partition coefficient (Wildman–Crippen LogP) is 2.71. The minimum absolute atomic E-state index is 0.0114. The van der Waals surface area contributed by atoms with Crippen LogP contribution in [-0.4, -0.2) is 21.6 Å². The molecule has 2 aromatic heterocycles. The van der Waals surface area contributed by atoms with Crippen molar-refractivity contribution in [1.29, 1.82) is 0 Å². The summed E-state index contributed by atoms with van der Waals surface area (Å²) in [7, 11) is 0. The lowest BCUT2D eigenvalue weighted by atomic mass is 10.3. The Hall–Kier alpha value is -2.21. The topological polar surface area (TPSA) is 70.9 Å². The summed E-state index contributed by atoms with van der Waals surface area (Å²) in [4.78, 5) is 19.4. The van der Waals surface area contributed by atoms with Crippen molar-refractivity contribution in [3.63, 3.8) is 0 Å². The van der Waals surface area contributed by atoms with Crippen molar-refractivity contribution >= 4 is 28.7 Å². The lowest BCUT2D eigenvalue weighted by molar-refractivity contribution is -0.118. The van der Waals surface area contributed by atoms with Gasteiger partial charge in [-0.1, -0.05) is 12.1 Å². The number of thioether (sulfide) groups is 1. The highest BCUT2D eigenvalue weighted by atomic mass is 32.2. The van der Waals surface area contributed by atoms with Gasteiger partial charge in [0.05, 0.1) is 35.1 Å². The number of aromatic nitrogens is 2. The molecule has 0 radical (unpaired) electrons. The van der Waals surface area contributed by atoms with Crippen LogP contribution < -0.4 is 5.32 Å². The summed E-state index contributed by atoms with van der Waals surface area (Å²) in [5.41, 5.74) is 2.95. The van der Waals surface area contributed by atoms with Crippen LogP contribution in [0, 0.1) is 0 Å². The third-order valence-electron chi connectivity index (χ3n) is 2.98. The van der Waals surface area contributed by atoms with Gasteiger partial charge in [-0.05, 0) is 18.2 Å². The Kier molecular flexibility index (Phi) is 4.25. The van der Waals surface area contributed by atoms with Gasteiger partial charge < -0.3 is 14.7 Å². The molecule has 2 N–H and O–H groups in total. The second-order valence-electron chi connectivity index (χ2n) is 4.60. The maximum absolute atomic E-state index is 11.7. The number of carbonyl (C=O) groups is 1. The van der Waals surface area contributed by atoms with Gasteiger partial charge in [-0.25, -0.2) is 4.98 Å². The van der Waals surface area contributed by atoms with Gasteiger partial charge in [-0.15, -0.1) is 11.8 Å². The SMILES string of the molecule is O=C(CSCc1nc2ccccc2[nH]1)NCc1ccoc1. The number of carbonyl (C=O) groups excluding carboxylic acids is 1. The Bertz CT molecular complexity index is 688. The maximum Gasteiger partial charge on any atom is 0.230 e. The van der Waals surface area contributed by atoms with Crippen LogP contribution in [0.1, 0.15) is 11.4 Å². The van der Waals surface area contributed by atoms with Crippen molar-refractivity contribution in [2.75, 3.05) is 5.75 Å². The second kappa shape index (κ2) is 6.49. The minimum Gasteiger partial charge on any atom is -0.472 e. The van der Waals surface area contributed by atoms with Crippen molar-refractivity contribution in [1.82, 2.24) is 15.3 Å². The molecule has 108 valence electrons. The Balaban J connectivity index is 1.44. The number of benzene rings is 1. The summed E-state index contributed by atoms with van der Waals surface area (Å²) >= 11 is 1.54. The van der Waals surface area contributed by atoms with Crippen LogP contribution in [-0.2, 0) is 17.1 Å². The molecule has 1 aromatic carbocycles. The van der Waals surface area contributed by atoms with Gasteiger partial charge in [0.25, 0.3) is 0 Å². The van der Waals surface area contributed by atoms with Crippen molar-refractivity contribution in [3.8, 4) is 0 Å². The predicted molar refractivity (Wildman–Crippen MR) is 82.8 cm³/mol. The van der Waals surface area contributed by atoms with E-state index in [4.69, 9.17) is 4.42 Å². The number of amides is 1. The molecule has 0 saturated heterocycles. The third kappa shape index (κ3) is 3.66. The van der Waals surface area contributed by atoms with E-state index >= 15 is 0 Å². The van der Waals surface area contributed by atoms with Crippen molar-refractivity contribution in [2.45, 2.75) is 12.3 Å². The van der Waals surface area contributed by atoms with E-state index in [1.807, 2.05) is 30.3 Å². The highest BCUT2D eigenvalue weighted by Crippen LogP contribution is 2.14. The van der Waals surface area contributed by atoms with Gasteiger partial charge in [-0.3, -0.25) is 4.79 Å². The number of imidazole rings is 1. The fraction of sp³-hybridized carbons (Fsp3) is 0.200. The van der Waals surface area contributed by atoms with E-state index in [0.29, 0.717) is 18.1 Å². The van der Waals surface area contributed by atoms with E-state index in [0.717, 1.165) is 22.4 Å². The zero-order valence-electron chi connectivity index (χ0n) is 11.3. The van der Waals surface area contributed by atoms with E-state index in [9.17, 15) is 4.79 Å². The maximum atomic E-state index is 11.7. The highest BCUT2D eigenvalue weighted by Gasteiger charge is 2.05. The fourth-order valence-electron chi connectivity index (χ4n) is 1.96. The summed E-state index contributed by atoms with van der Waals surface area (Å²) in [6, 6.07) is 9.73. The van der Waals surface area contributed by atoms with Crippen LogP contribution >= 0.6 is 11.8 Å². The first-order valence-electron chi connectivity index (χ1n) is 6.60. The van der Waals surface area contributed by atoms with Crippen LogP contribution in [0.3, 0.4) is 0 Å². The van der Waals surface area contributed by atoms with Crippen molar-refractivity contribution < 1.29 is 9.21 Å². The number of H-pyrrole nitrogens is 1. The summed E-state index contributed by atoms with van der Waals surface area (Å²) in [6.45, 7) is 0.501. The van der Waals surface area contributed by atoms with Crippen LogP contribution in [0.25, 0.3) is 11.0 Å². The molecule has 0 atom stereocenters. The zero-order valence-corrected chi connectivity index (χ0v) is 12.2. The first kappa shape index (κ1) is 13.8. The highest BCUT2D eigenvalue weighted by molar-refractivity contribution is 7.99. The number of fused-ring (bicyclic) bond motifs is 1. The van der Waals surface area contributed by atoms with Crippen molar-refractivity contribution in [3.05, 3.63) is 54.2 Å². The molecule has 6 heteroatoms. The van der Waals surface area contributed by atoms with Crippen LogP contribution in [0.2, 0.25) is 0 Å². The van der Waals surface area contributed by atoms with Gasteiger partial charge in [-0.2, -0.15) is 0 Å². The molecule has 0 aliphatic carbocycles. The summed E-state index contributed by atoms with van der Waals surface area (Å²) in [5, 5.41) is 2.85. The monoisotopic (exact) mass is 301 g/mol. The van der Waals surface area contributed by atoms with Gasteiger partial charge in [0, 0.05) is 12.1 Å². The van der Waals surface area contributed by atoms with E-state index < -0.39 is 0 Å². The molecule has 0 saturated carbocycles. The van der Waals surface area contributed by atoms with Gasteiger partial charge in [0.2, 0.25) is 5.91 Å². The van der Waals surface area contributed by atoms with Crippen LogP contribution in [0.5, 0.6) is 0 Å². The molecule has 5 nitrogen and oxygen atoms in total. The average Bonchev–Trinajstić information content (AvgIpc) is 3.14. The van der Waals surface area contributed by atoms with Crippen LogP contribution in [0.15, 0.2) is 47.3 Å². The Morgan fingerprint density at radius 1 is 1.33 bits per heavy atom. The van der Waals surface area contributed by atoms with Crippen molar-refractivity contribution in [2.24, 2.45) is 0 Å². The molecule has 0 aliphatic rings. The Labute approximate surface area is 126 Å². The summed E-state index contributed by atoms with van der Waals surface area (Å²) in [6.07, 6.45) is 3.22. The normalized spacial score (nSPS) is 10.9. The molecule has 21 heavy (non-hydrogen) atoms.